The van der Waals surface area contributed by atoms with Gasteiger partial charge in [0, 0.05) is 12.7 Å². The van der Waals surface area contributed by atoms with Crippen LogP contribution in [0.3, 0.4) is 0 Å². The van der Waals surface area contributed by atoms with Gasteiger partial charge in [-0.2, -0.15) is 0 Å². The molecule has 0 heterocycles. The number of amides is 1. The average Bonchev–Trinajstić information content (AvgIpc) is 2.82. The van der Waals surface area contributed by atoms with Gasteiger partial charge in [0.2, 0.25) is 15.9 Å². The van der Waals surface area contributed by atoms with Crippen LogP contribution in [0.15, 0.2) is 83.8 Å². The lowest BCUT2D eigenvalue weighted by atomic mass is 10.0. The predicted molar refractivity (Wildman–Crippen MR) is 140 cm³/mol. The molecule has 186 valence electrons. The molecule has 0 aliphatic heterocycles. The van der Waals surface area contributed by atoms with E-state index in [9.17, 15) is 21.6 Å². The number of nitrogens with one attached hydrogen (secondary N) is 1. The van der Waals surface area contributed by atoms with Crippen molar-refractivity contribution in [3.05, 3.63) is 84.4 Å². The van der Waals surface area contributed by atoms with Crippen molar-refractivity contribution >= 4 is 43.0 Å². The lowest BCUT2D eigenvalue weighted by Gasteiger charge is -2.25. The minimum Gasteiger partial charge on any atom is -0.324 e. The Labute approximate surface area is 207 Å². The Morgan fingerprint density at radius 3 is 2.06 bits per heavy atom. The van der Waals surface area contributed by atoms with E-state index >= 15 is 0 Å². The SMILES string of the molecule is CC(C)c1ccc(N(CC(=O)Nc2cccc(N(C)S(C)(=O)=O)c2)S(=O)(=O)c2ccccc2)cc1. The first-order valence-electron chi connectivity index (χ1n) is 10.9. The highest BCUT2D eigenvalue weighted by Gasteiger charge is 2.27. The molecule has 0 aliphatic rings. The van der Waals surface area contributed by atoms with Crippen LogP contribution in [-0.2, 0) is 24.8 Å². The summed E-state index contributed by atoms with van der Waals surface area (Å²) >= 11 is 0. The van der Waals surface area contributed by atoms with Gasteiger partial charge in [-0.25, -0.2) is 16.8 Å². The van der Waals surface area contributed by atoms with Gasteiger partial charge >= 0.3 is 0 Å². The average molecular weight is 516 g/mol. The zero-order chi connectivity index (χ0) is 25.8. The number of nitrogens with zero attached hydrogens (tertiary/aromatic N) is 2. The van der Waals surface area contributed by atoms with Gasteiger partial charge in [-0.05, 0) is 53.9 Å². The van der Waals surface area contributed by atoms with E-state index in [-0.39, 0.29) is 10.8 Å². The lowest BCUT2D eigenvalue weighted by molar-refractivity contribution is -0.114. The Balaban J connectivity index is 1.91. The number of hydrogen-bond donors (Lipinski definition) is 1. The molecule has 0 aliphatic carbocycles. The molecule has 10 heteroatoms. The molecule has 0 radical (unpaired) electrons. The van der Waals surface area contributed by atoms with Crippen LogP contribution >= 0.6 is 0 Å². The van der Waals surface area contributed by atoms with Gasteiger partial charge in [-0.3, -0.25) is 13.4 Å². The maximum atomic E-state index is 13.5. The Hall–Kier alpha value is -3.37. The van der Waals surface area contributed by atoms with Gasteiger partial charge in [-0.1, -0.05) is 50.2 Å². The normalized spacial score (nSPS) is 11.8. The van der Waals surface area contributed by atoms with Crippen LogP contribution in [0.5, 0.6) is 0 Å². The van der Waals surface area contributed by atoms with Crippen molar-refractivity contribution in [2.24, 2.45) is 0 Å². The molecule has 3 rings (SSSR count). The molecule has 0 bridgehead atoms. The van der Waals surface area contributed by atoms with E-state index in [1.54, 1.807) is 48.5 Å². The summed E-state index contributed by atoms with van der Waals surface area (Å²) in [4.78, 5) is 13.0. The summed E-state index contributed by atoms with van der Waals surface area (Å²) in [7, 11) is -6.11. The summed E-state index contributed by atoms with van der Waals surface area (Å²) in [6.45, 7) is 3.61. The number of benzene rings is 3. The monoisotopic (exact) mass is 515 g/mol. The minimum atomic E-state index is -4.03. The van der Waals surface area contributed by atoms with Crippen LogP contribution < -0.4 is 13.9 Å². The molecule has 1 amide bonds. The zero-order valence-corrected chi connectivity index (χ0v) is 21.7. The smallest absolute Gasteiger partial charge is 0.264 e. The molecule has 3 aromatic rings. The lowest BCUT2D eigenvalue weighted by Crippen LogP contribution is -2.38. The second kappa shape index (κ2) is 10.5. The molecule has 0 fully saturated rings. The Morgan fingerprint density at radius 1 is 0.857 bits per heavy atom. The van der Waals surface area contributed by atoms with E-state index in [1.807, 2.05) is 26.0 Å². The fraction of sp³-hybridized carbons (Fsp3) is 0.240. The number of carbonyl (C=O) groups is 1. The molecule has 3 aromatic carbocycles. The van der Waals surface area contributed by atoms with Crippen LogP contribution in [0.1, 0.15) is 25.3 Å². The maximum absolute atomic E-state index is 13.5. The standard InChI is InChI=1S/C25H29N3O5S2/c1-19(2)20-13-15-22(16-14-20)28(35(32,33)24-11-6-5-7-12-24)18-25(29)26-21-9-8-10-23(17-21)27(3)34(4,30)31/h5-17,19H,18H2,1-4H3,(H,26,29). The van der Waals surface area contributed by atoms with Crippen molar-refractivity contribution in [1.82, 2.24) is 0 Å². The fourth-order valence-corrected chi connectivity index (χ4v) is 5.30. The number of sulfonamides is 2. The highest BCUT2D eigenvalue weighted by atomic mass is 32.2. The largest absolute Gasteiger partial charge is 0.324 e. The first kappa shape index (κ1) is 26.2. The van der Waals surface area contributed by atoms with Crippen LogP contribution in [-0.4, -0.2) is 42.6 Å². The molecule has 0 unspecified atom stereocenters. The molecular weight excluding hydrogens is 486 g/mol. The highest BCUT2D eigenvalue weighted by molar-refractivity contribution is 7.93. The first-order valence-corrected chi connectivity index (χ1v) is 14.2. The Bertz CT molecular complexity index is 1390. The van der Waals surface area contributed by atoms with Crippen LogP contribution in [0.2, 0.25) is 0 Å². The van der Waals surface area contributed by atoms with Crippen molar-refractivity contribution in [3.63, 3.8) is 0 Å². The summed E-state index contributed by atoms with van der Waals surface area (Å²) in [5.41, 5.74) is 2.11. The van der Waals surface area contributed by atoms with Gasteiger partial charge < -0.3 is 5.32 Å². The predicted octanol–water partition coefficient (Wildman–Crippen LogP) is 4.04. The molecule has 0 saturated carbocycles. The van der Waals surface area contributed by atoms with Gasteiger partial charge in [0.1, 0.15) is 6.54 Å². The van der Waals surface area contributed by atoms with Gasteiger partial charge in [0.25, 0.3) is 10.0 Å². The second-order valence-electron chi connectivity index (χ2n) is 8.40. The summed E-state index contributed by atoms with van der Waals surface area (Å²) < 4.78 is 52.8. The van der Waals surface area contributed by atoms with Crippen LogP contribution in [0, 0.1) is 0 Å². The zero-order valence-electron chi connectivity index (χ0n) is 20.0. The van der Waals surface area contributed by atoms with Crippen molar-refractivity contribution < 1.29 is 21.6 Å². The summed E-state index contributed by atoms with van der Waals surface area (Å²) in [6, 6.07) is 21.3. The third-order valence-corrected chi connectivity index (χ3v) is 8.45. The van der Waals surface area contributed by atoms with Gasteiger partial charge in [0.05, 0.1) is 22.5 Å². The highest BCUT2D eigenvalue weighted by Crippen LogP contribution is 2.26. The van der Waals surface area contributed by atoms with E-state index in [0.717, 1.165) is 20.4 Å². The first-order chi connectivity index (χ1) is 16.4. The number of carbonyl (C=O) groups excluding carboxylic acids is 1. The Morgan fingerprint density at radius 2 is 1.49 bits per heavy atom. The quantitative estimate of drug-likeness (QED) is 0.463. The van der Waals surface area contributed by atoms with Crippen molar-refractivity contribution in [2.75, 3.05) is 33.8 Å². The molecule has 8 nitrogen and oxygen atoms in total. The molecule has 1 N–H and O–H groups in total. The molecular formula is C25H29N3O5S2. The van der Waals surface area contributed by atoms with E-state index in [1.165, 1.54) is 25.2 Å². The molecule has 0 saturated heterocycles. The van der Waals surface area contributed by atoms with E-state index in [2.05, 4.69) is 5.32 Å². The summed E-state index contributed by atoms with van der Waals surface area (Å²) in [5.74, 6) is -0.305. The van der Waals surface area contributed by atoms with E-state index in [4.69, 9.17) is 0 Å². The molecule has 0 spiro atoms. The number of rotatable bonds is 9. The Kier molecular flexibility index (Phi) is 7.86. The van der Waals surface area contributed by atoms with Gasteiger partial charge in [0.15, 0.2) is 0 Å². The minimum absolute atomic E-state index is 0.0671. The number of hydrogen-bond acceptors (Lipinski definition) is 5. The fourth-order valence-electron chi connectivity index (χ4n) is 3.36. The summed E-state index contributed by atoms with van der Waals surface area (Å²) in [5, 5.41) is 2.68. The van der Waals surface area contributed by atoms with Crippen LogP contribution in [0.25, 0.3) is 0 Å². The van der Waals surface area contributed by atoms with Crippen LogP contribution in [0.4, 0.5) is 17.1 Å². The van der Waals surface area contributed by atoms with Gasteiger partial charge in [-0.15, -0.1) is 0 Å². The van der Waals surface area contributed by atoms with Crippen molar-refractivity contribution in [1.29, 1.82) is 0 Å². The van der Waals surface area contributed by atoms with E-state index < -0.39 is 32.5 Å². The second-order valence-corrected chi connectivity index (χ2v) is 12.3. The van der Waals surface area contributed by atoms with E-state index in [0.29, 0.717) is 17.1 Å². The molecule has 0 aromatic heterocycles. The third-order valence-electron chi connectivity index (χ3n) is 5.46. The topological polar surface area (TPSA) is 104 Å². The maximum Gasteiger partial charge on any atom is 0.264 e. The molecule has 35 heavy (non-hydrogen) atoms. The number of anilines is 3. The van der Waals surface area contributed by atoms with Crippen molar-refractivity contribution in [3.8, 4) is 0 Å². The van der Waals surface area contributed by atoms with Crippen molar-refractivity contribution in [2.45, 2.75) is 24.7 Å². The summed E-state index contributed by atoms with van der Waals surface area (Å²) in [6.07, 6.45) is 1.08. The third kappa shape index (κ3) is 6.40. The molecule has 0 atom stereocenters.